The highest BCUT2D eigenvalue weighted by Crippen LogP contribution is 2.12. The van der Waals surface area contributed by atoms with Crippen LogP contribution in [0.4, 0.5) is 0 Å². The second-order valence-electron chi connectivity index (χ2n) is 4.81. The van der Waals surface area contributed by atoms with E-state index in [1.807, 2.05) is 0 Å². The number of hydrogen-bond acceptors (Lipinski definition) is 6. The molecule has 0 unspecified atom stereocenters. The van der Waals surface area contributed by atoms with Crippen molar-refractivity contribution in [3.8, 4) is 0 Å². The third-order valence-electron chi connectivity index (χ3n) is 3.11. The molecule has 0 bridgehead atoms. The summed E-state index contributed by atoms with van der Waals surface area (Å²) < 4.78 is 0. The van der Waals surface area contributed by atoms with Crippen LogP contribution < -0.4 is 0 Å². The van der Waals surface area contributed by atoms with Crippen molar-refractivity contribution in [1.82, 2.24) is 0 Å². The number of aliphatic hydroxyl groups is 5. The molecule has 114 valence electrons. The third kappa shape index (κ3) is 7.29. The largest absolute Gasteiger partial charge is 0.394 e. The summed E-state index contributed by atoms with van der Waals surface area (Å²) in [4.78, 5) is 0.271. The normalized spacial score (nSPS) is 17.8. The molecule has 0 aliphatic heterocycles. The number of rotatable bonds is 11. The van der Waals surface area contributed by atoms with Crippen molar-refractivity contribution in [2.45, 2.75) is 69.9 Å². The van der Waals surface area contributed by atoms with E-state index in [1.165, 1.54) is 6.42 Å². The van der Waals surface area contributed by atoms with Crippen molar-refractivity contribution < 1.29 is 25.5 Å². The van der Waals surface area contributed by atoms with E-state index >= 15 is 0 Å². The standard InChI is InChI=1S/C13H26O5S/c1-2-3-4-5-6-7-10(19)12(17)13(18)11(16)9(15)8-14/h9,11-18H,2-8H2,1H3/t9-,11-,12+,13+/m1/s1. The Labute approximate surface area is 119 Å². The molecular formula is C13H26O5S. The van der Waals surface area contributed by atoms with Crippen LogP contribution >= 0.6 is 12.2 Å². The van der Waals surface area contributed by atoms with Gasteiger partial charge < -0.3 is 25.5 Å². The maximum atomic E-state index is 9.76. The second kappa shape index (κ2) is 10.7. The van der Waals surface area contributed by atoms with Gasteiger partial charge in [-0.2, -0.15) is 0 Å². The lowest BCUT2D eigenvalue weighted by Crippen LogP contribution is -2.48. The number of thiocarbonyl (C=S) groups is 1. The van der Waals surface area contributed by atoms with Gasteiger partial charge in [-0.3, -0.25) is 0 Å². The molecule has 0 rings (SSSR count). The van der Waals surface area contributed by atoms with Crippen LogP contribution in [0.25, 0.3) is 0 Å². The zero-order chi connectivity index (χ0) is 14.8. The van der Waals surface area contributed by atoms with E-state index in [0.717, 1.165) is 25.7 Å². The van der Waals surface area contributed by atoms with E-state index in [-0.39, 0.29) is 4.86 Å². The minimum absolute atomic E-state index is 0.271. The van der Waals surface area contributed by atoms with E-state index in [0.29, 0.717) is 6.42 Å². The highest BCUT2D eigenvalue weighted by atomic mass is 32.1. The van der Waals surface area contributed by atoms with Crippen LogP contribution in [0.15, 0.2) is 0 Å². The monoisotopic (exact) mass is 294 g/mol. The van der Waals surface area contributed by atoms with Crippen LogP contribution in [-0.4, -0.2) is 61.4 Å². The quantitative estimate of drug-likeness (QED) is 0.275. The van der Waals surface area contributed by atoms with Crippen LogP contribution in [0, 0.1) is 0 Å². The molecular weight excluding hydrogens is 268 g/mol. The molecule has 0 aromatic heterocycles. The predicted octanol–water partition coefficient (Wildman–Crippen LogP) is 0.153. The summed E-state index contributed by atoms with van der Waals surface area (Å²) in [5, 5.41) is 46.7. The maximum absolute atomic E-state index is 9.76. The van der Waals surface area contributed by atoms with Crippen LogP contribution in [0.1, 0.15) is 45.4 Å². The van der Waals surface area contributed by atoms with Crippen molar-refractivity contribution in [3.63, 3.8) is 0 Å². The van der Waals surface area contributed by atoms with Crippen molar-refractivity contribution in [3.05, 3.63) is 0 Å². The Kier molecular flexibility index (Phi) is 10.6. The Hall–Kier alpha value is -0.110. The molecule has 0 heterocycles. The van der Waals surface area contributed by atoms with Gasteiger partial charge in [-0.25, -0.2) is 0 Å². The topological polar surface area (TPSA) is 101 Å². The van der Waals surface area contributed by atoms with E-state index in [2.05, 4.69) is 6.92 Å². The molecule has 4 atom stereocenters. The minimum atomic E-state index is -1.61. The summed E-state index contributed by atoms with van der Waals surface area (Å²) in [6, 6.07) is 0. The highest BCUT2D eigenvalue weighted by molar-refractivity contribution is 7.80. The summed E-state index contributed by atoms with van der Waals surface area (Å²) >= 11 is 5.01. The molecule has 0 saturated carbocycles. The molecule has 5 nitrogen and oxygen atoms in total. The zero-order valence-corrected chi connectivity index (χ0v) is 12.2. The Morgan fingerprint density at radius 3 is 2.05 bits per heavy atom. The van der Waals surface area contributed by atoms with E-state index < -0.39 is 31.0 Å². The van der Waals surface area contributed by atoms with Crippen molar-refractivity contribution in [2.75, 3.05) is 6.61 Å². The number of unbranched alkanes of at least 4 members (excludes halogenated alkanes) is 4. The van der Waals surface area contributed by atoms with Crippen molar-refractivity contribution in [2.24, 2.45) is 0 Å². The van der Waals surface area contributed by atoms with Gasteiger partial charge in [0.2, 0.25) is 0 Å². The fourth-order valence-electron chi connectivity index (χ4n) is 1.76. The minimum Gasteiger partial charge on any atom is -0.394 e. The molecule has 0 fully saturated rings. The molecule has 0 aromatic carbocycles. The molecule has 0 aromatic rings. The fraction of sp³-hybridized carbons (Fsp3) is 0.923. The molecule has 0 spiro atoms. The average Bonchev–Trinajstić information content (AvgIpc) is 2.43. The molecule has 0 saturated heterocycles. The summed E-state index contributed by atoms with van der Waals surface area (Å²) in [6.07, 6.45) is -0.267. The lowest BCUT2D eigenvalue weighted by Gasteiger charge is -2.26. The summed E-state index contributed by atoms with van der Waals surface area (Å²) in [7, 11) is 0. The van der Waals surface area contributed by atoms with E-state index in [4.69, 9.17) is 17.3 Å². The summed E-state index contributed by atoms with van der Waals surface area (Å²) in [6.45, 7) is 1.44. The second-order valence-corrected chi connectivity index (χ2v) is 5.33. The Bertz CT molecular complexity index is 249. The van der Waals surface area contributed by atoms with Crippen molar-refractivity contribution in [1.29, 1.82) is 0 Å². The van der Waals surface area contributed by atoms with Crippen LogP contribution in [0.3, 0.4) is 0 Å². The fourth-order valence-corrected chi connectivity index (χ4v) is 2.05. The van der Waals surface area contributed by atoms with E-state index in [1.54, 1.807) is 0 Å². The highest BCUT2D eigenvalue weighted by Gasteiger charge is 2.31. The zero-order valence-electron chi connectivity index (χ0n) is 11.4. The first-order valence-electron chi connectivity index (χ1n) is 6.81. The van der Waals surface area contributed by atoms with Crippen LogP contribution in [0.2, 0.25) is 0 Å². The van der Waals surface area contributed by atoms with Crippen LogP contribution in [0.5, 0.6) is 0 Å². The average molecular weight is 294 g/mol. The van der Waals surface area contributed by atoms with E-state index in [9.17, 15) is 20.4 Å². The smallest absolute Gasteiger partial charge is 0.114 e. The first-order valence-corrected chi connectivity index (χ1v) is 7.22. The van der Waals surface area contributed by atoms with Crippen molar-refractivity contribution >= 4 is 17.1 Å². The molecule has 5 N–H and O–H groups in total. The van der Waals surface area contributed by atoms with Gasteiger partial charge in [-0.1, -0.05) is 44.8 Å². The van der Waals surface area contributed by atoms with Gasteiger partial charge in [0, 0.05) is 4.86 Å². The molecule has 6 heteroatoms. The first-order chi connectivity index (χ1) is 8.95. The van der Waals surface area contributed by atoms with Gasteiger partial charge in [0.05, 0.1) is 6.61 Å². The Balaban J connectivity index is 4.03. The summed E-state index contributed by atoms with van der Waals surface area (Å²) in [5.41, 5.74) is 0. The maximum Gasteiger partial charge on any atom is 0.114 e. The third-order valence-corrected chi connectivity index (χ3v) is 3.56. The SMILES string of the molecule is CCCCCCCC(=S)[C@H](O)[C@@H](O)[C@H](O)[C@H](O)CO. The Morgan fingerprint density at radius 1 is 0.947 bits per heavy atom. The van der Waals surface area contributed by atoms with Crippen LogP contribution in [-0.2, 0) is 0 Å². The first kappa shape index (κ1) is 18.9. The van der Waals surface area contributed by atoms with Gasteiger partial charge in [-0.05, 0) is 12.8 Å². The number of hydrogen-bond donors (Lipinski definition) is 5. The predicted molar refractivity (Wildman–Crippen MR) is 77.1 cm³/mol. The lowest BCUT2D eigenvalue weighted by atomic mass is 9.98. The van der Waals surface area contributed by atoms with Gasteiger partial charge in [0.25, 0.3) is 0 Å². The van der Waals surface area contributed by atoms with Gasteiger partial charge in [-0.15, -0.1) is 0 Å². The molecule has 0 aliphatic carbocycles. The van der Waals surface area contributed by atoms with Gasteiger partial charge in [0.1, 0.15) is 24.4 Å². The summed E-state index contributed by atoms with van der Waals surface area (Å²) in [5.74, 6) is 0. The molecule has 0 amide bonds. The number of aliphatic hydroxyl groups excluding tert-OH is 5. The molecule has 0 radical (unpaired) electrons. The van der Waals surface area contributed by atoms with Gasteiger partial charge in [0.15, 0.2) is 0 Å². The lowest BCUT2D eigenvalue weighted by molar-refractivity contribution is -0.101. The Morgan fingerprint density at radius 2 is 1.53 bits per heavy atom. The molecule has 0 aliphatic rings. The van der Waals surface area contributed by atoms with Gasteiger partial charge >= 0.3 is 0 Å². The molecule has 19 heavy (non-hydrogen) atoms.